The largest absolute Gasteiger partial charge is 0.493 e. The molecule has 3 rings (SSSR count). The predicted molar refractivity (Wildman–Crippen MR) is 82.4 cm³/mol. The van der Waals surface area contributed by atoms with Crippen LogP contribution in [0.25, 0.3) is 5.65 Å². The molecule has 1 aliphatic heterocycles. The fraction of sp³-hybridized carbons (Fsp3) is 0.500. The Bertz CT molecular complexity index is 675. The topological polar surface area (TPSA) is 64.9 Å². The van der Waals surface area contributed by atoms with Gasteiger partial charge in [0.25, 0.3) is 5.91 Å². The smallest absolute Gasteiger partial charge is 0.270 e. The first-order chi connectivity index (χ1) is 10.7. The second-order valence-corrected chi connectivity index (χ2v) is 5.38. The summed E-state index contributed by atoms with van der Waals surface area (Å²) < 4.78 is 12.7. The van der Waals surface area contributed by atoms with Crippen molar-refractivity contribution in [1.82, 2.24) is 14.7 Å². The number of fused-ring (bicyclic) bond motifs is 1. The van der Waals surface area contributed by atoms with Crippen molar-refractivity contribution in [2.24, 2.45) is 0 Å². The highest BCUT2D eigenvalue weighted by atomic mass is 16.5. The van der Waals surface area contributed by atoms with E-state index in [1.165, 1.54) is 0 Å². The Balaban J connectivity index is 1.89. The SMILES string of the molecule is CCc1nc2c(OC)cccn2c1C(=O)NCC1CCCO1. The van der Waals surface area contributed by atoms with E-state index in [1.54, 1.807) is 11.5 Å². The monoisotopic (exact) mass is 303 g/mol. The second-order valence-electron chi connectivity index (χ2n) is 5.38. The van der Waals surface area contributed by atoms with Crippen LogP contribution in [0.15, 0.2) is 18.3 Å². The van der Waals surface area contributed by atoms with Crippen LogP contribution in [0.3, 0.4) is 0 Å². The number of nitrogens with zero attached hydrogens (tertiary/aromatic N) is 2. The van der Waals surface area contributed by atoms with Gasteiger partial charge < -0.3 is 14.8 Å². The van der Waals surface area contributed by atoms with E-state index in [2.05, 4.69) is 10.3 Å². The van der Waals surface area contributed by atoms with Crippen LogP contribution < -0.4 is 10.1 Å². The number of nitrogens with one attached hydrogen (secondary N) is 1. The van der Waals surface area contributed by atoms with Gasteiger partial charge in [-0.25, -0.2) is 4.98 Å². The summed E-state index contributed by atoms with van der Waals surface area (Å²) in [5, 5.41) is 2.97. The van der Waals surface area contributed by atoms with E-state index >= 15 is 0 Å². The molecule has 0 radical (unpaired) electrons. The van der Waals surface area contributed by atoms with Gasteiger partial charge in [0.2, 0.25) is 0 Å². The maximum Gasteiger partial charge on any atom is 0.270 e. The van der Waals surface area contributed by atoms with Gasteiger partial charge in [0.1, 0.15) is 5.69 Å². The summed E-state index contributed by atoms with van der Waals surface area (Å²) in [6.07, 6.45) is 4.72. The van der Waals surface area contributed by atoms with E-state index in [0.29, 0.717) is 30.1 Å². The number of hydrogen-bond acceptors (Lipinski definition) is 4. The van der Waals surface area contributed by atoms with E-state index in [1.807, 2.05) is 25.3 Å². The number of carbonyl (C=O) groups is 1. The molecule has 6 nitrogen and oxygen atoms in total. The number of rotatable bonds is 5. The molecule has 0 aromatic carbocycles. The standard InChI is InChI=1S/C16H21N3O3/c1-3-12-14(16(20)17-10-11-6-5-9-22-11)19-8-4-7-13(21-2)15(19)18-12/h4,7-8,11H,3,5-6,9-10H2,1-2H3,(H,17,20). The zero-order chi connectivity index (χ0) is 15.5. The highest BCUT2D eigenvalue weighted by Crippen LogP contribution is 2.22. The fourth-order valence-electron chi connectivity index (χ4n) is 2.83. The second kappa shape index (κ2) is 6.36. The molecule has 0 spiro atoms. The zero-order valence-corrected chi connectivity index (χ0v) is 13.0. The Morgan fingerprint density at radius 1 is 1.59 bits per heavy atom. The fourth-order valence-corrected chi connectivity index (χ4v) is 2.83. The van der Waals surface area contributed by atoms with Gasteiger partial charge >= 0.3 is 0 Å². The van der Waals surface area contributed by atoms with Crippen molar-refractivity contribution in [3.05, 3.63) is 29.7 Å². The van der Waals surface area contributed by atoms with Crippen LogP contribution in [0, 0.1) is 0 Å². The third kappa shape index (κ3) is 2.66. The van der Waals surface area contributed by atoms with Crippen molar-refractivity contribution in [1.29, 1.82) is 0 Å². The molecule has 0 aliphatic carbocycles. The van der Waals surface area contributed by atoms with Crippen molar-refractivity contribution in [2.45, 2.75) is 32.3 Å². The minimum absolute atomic E-state index is 0.117. The number of imidazole rings is 1. The third-order valence-corrected chi connectivity index (χ3v) is 3.97. The van der Waals surface area contributed by atoms with E-state index in [4.69, 9.17) is 9.47 Å². The Labute approximate surface area is 129 Å². The molecular weight excluding hydrogens is 282 g/mol. The molecule has 0 bridgehead atoms. The maximum atomic E-state index is 12.6. The lowest BCUT2D eigenvalue weighted by Gasteiger charge is -2.11. The summed E-state index contributed by atoms with van der Waals surface area (Å²) in [4.78, 5) is 17.1. The molecule has 1 aliphatic rings. The van der Waals surface area contributed by atoms with Crippen LogP contribution in [-0.4, -0.2) is 41.7 Å². The summed E-state index contributed by atoms with van der Waals surface area (Å²) in [6.45, 7) is 3.32. The Morgan fingerprint density at radius 3 is 3.14 bits per heavy atom. The quantitative estimate of drug-likeness (QED) is 0.915. The van der Waals surface area contributed by atoms with E-state index in [9.17, 15) is 4.79 Å². The van der Waals surface area contributed by atoms with Crippen molar-refractivity contribution in [3.63, 3.8) is 0 Å². The van der Waals surface area contributed by atoms with Gasteiger partial charge in [-0.15, -0.1) is 0 Å². The third-order valence-electron chi connectivity index (χ3n) is 3.97. The van der Waals surface area contributed by atoms with Crippen molar-refractivity contribution in [2.75, 3.05) is 20.3 Å². The lowest BCUT2D eigenvalue weighted by molar-refractivity contribution is 0.0852. The summed E-state index contributed by atoms with van der Waals surface area (Å²) >= 11 is 0. The number of pyridine rings is 1. The molecule has 6 heteroatoms. The number of ether oxygens (including phenoxy) is 2. The Kier molecular flexibility index (Phi) is 4.29. The molecule has 1 atom stereocenters. The molecule has 1 unspecified atom stereocenters. The van der Waals surface area contributed by atoms with Gasteiger partial charge in [-0.1, -0.05) is 6.92 Å². The number of methoxy groups -OCH3 is 1. The van der Waals surface area contributed by atoms with Crippen molar-refractivity contribution >= 4 is 11.6 Å². The summed E-state index contributed by atoms with van der Waals surface area (Å²) in [7, 11) is 1.60. The molecule has 2 aromatic heterocycles. The van der Waals surface area contributed by atoms with Gasteiger partial charge in [-0.3, -0.25) is 9.20 Å². The molecule has 22 heavy (non-hydrogen) atoms. The summed E-state index contributed by atoms with van der Waals surface area (Å²) in [5.41, 5.74) is 2.02. The lowest BCUT2D eigenvalue weighted by Crippen LogP contribution is -2.33. The first-order valence-electron chi connectivity index (χ1n) is 7.68. The van der Waals surface area contributed by atoms with Crippen LogP contribution in [0.1, 0.15) is 35.9 Å². The molecule has 0 saturated carbocycles. The first-order valence-corrected chi connectivity index (χ1v) is 7.68. The number of aromatic nitrogens is 2. The van der Waals surface area contributed by atoms with Gasteiger partial charge in [0, 0.05) is 19.3 Å². The molecule has 1 amide bonds. The van der Waals surface area contributed by atoms with E-state index in [-0.39, 0.29) is 12.0 Å². The lowest BCUT2D eigenvalue weighted by atomic mass is 10.2. The highest BCUT2D eigenvalue weighted by molar-refractivity contribution is 5.95. The average Bonchev–Trinajstić information content (AvgIpc) is 3.18. The molecule has 1 saturated heterocycles. The average molecular weight is 303 g/mol. The van der Waals surface area contributed by atoms with Gasteiger partial charge in [0.05, 0.1) is 18.9 Å². The zero-order valence-electron chi connectivity index (χ0n) is 13.0. The van der Waals surface area contributed by atoms with Crippen LogP contribution in [0.5, 0.6) is 5.75 Å². The number of aryl methyl sites for hydroxylation is 1. The maximum absolute atomic E-state index is 12.6. The number of carbonyl (C=O) groups excluding carboxylic acids is 1. The minimum atomic E-state index is -0.117. The van der Waals surface area contributed by atoms with Crippen LogP contribution in [0.2, 0.25) is 0 Å². The molecule has 118 valence electrons. The summed E-state index contributed by atoms with van der Waals surface area (Å²) in [5.74, 6) is 0.545. The Hall–Kier alpha value is -2.08. The minimum Gasteiger partial charge on any atom is -0.493 e. The number of hydrogen-bond donors (Lipinski definition) is 1. The van der Waals surface area contributed by atoms with Crippen molar-refractivity contribution < 1.29 is 14.3 Å². The van der Waals surface area contributed by atoms with Crippen molar-refractivity contribution in [3.8, 4) is 5.75 Å². The van der Waals surface area contributed by atoms with E-state index in [0.717, 1.165) is 25.1 Å². The Morgan fingerprint density at radius 2 is 2.45 bits per heavy atom. The predicted octanol–water partition coefficient (Wildman–Crippen LogP) is 1.81. The van der Waals surface area contributed by atoms with Crippen LogP contribution in [-0.2, 0) is 11.2 Å². The van der Waals surface area contributed by atoms with Gasteiger partial charge in [-0.2, -0.15) is 0 Å². The summed E-state index contributed by atoms with van der Waals surface area (Å²) in [6, 6.07) is 3.69. The molecule has 3 heterocycles. The van der Waals surface area contributed by atoms with Crippen LogP contribution in [0.4, 0.5) is 0 Å². The first kappa shape index (κ1) is 14.8. The van der Waals surface area contributed by atoms with Gasteiger partial charge in [-0.05, 0) is 31.4 Å². The molecule has 1 N–H and O–H groups in total. The van der Waals surface area contributed by atoms with Crippen LogP contribution >= 0.6 is 0 Å². The number of amides is 1. The normalized spacial score (nSPS) is 17.8. The highest BCUT2D eigenvalue weighted by Gasteiger charge is 2.22. The molecule has 2 aromatic rings. The van der Waals surface area contributed by atoms with E-state index < -0.39 is 0 Å². The molecule has 1 fully saturated rings. The molecular formula is C16H21N3O3. The van der Waals surface area contributed by atoms with Gasteiger partial charge in [0.15, 0.2) is 11.4 Å².